The Balaban J connectivity index is 0.000000261. The third kappa shape index (κ3) is 23.8. The van der Waals surface area contributed by atoms with Crippen LogP contribution in [0.15, 0.2) is 48.5 Å². The Morgan fingerprint density at radius 2 is 0.583 bits per heavy atom. The van der Waals surface area contributed by atoms with Crippen LogP contribution in [0.5, 0.6) is 46.0 Å². The van der Waals surface area contributed by atoms with Crippen LogP contribution >= 0.6 is 0 Å². The third-order valence-electron chi connectivity index (χ3n) is 21.0. The van der Waals surface area contributed by atoms with Crippen LogP contribution in [0.25, 0.3) is 0 Å². The predicted octanol–water partition coefficient (Wildman–Crippen LogP) is 14.3. The van der Waals surface area contributed by atoms with Gasteiger partial charge in [-0.15, -0.1) is 0 Å². The fourth-order valence-electron chi connectivity index (χ4n) is 15.3. The van der Waals surface area contributed by atoms with Crippen molar-refractivity contribution in [2.75, 3.05) is 109 Å². The van der Waals surface area contributed by atoms with Crippen molar-refractivity contribution < 1.29 is 157 Å². The first-order valence-electron chi connectivity index (χ1n) is 68.2. The molecule has 0 aromatic heterocycles. The Bertz CT molecular complexity index is 6480. The van der Waals surface area contributed by atoms with Crippen LogP contribution in [0.3, 0.4) is 0 Å². The average Bonchev–Trinajstić information content (AvgIpc) is 0.715. The summed E-state index contributed by atoms with van der Waals surface area (Å²) in [6.45, 7) is -28.7. The molecule has 8 aliphatic heterocycles. The number of benzene rings is 4. The topological polar surface area (TPSA) is 296 Å². The molecule has 16 atom stereocenters. The van der Waals surface area contributed by atoms with Crippen LogP contribution in [0, 0.1) is 70.9 Å². The van der Waals surface area contributed by atoms with Gasteiger partial charge in [-0.1, -0.05) is 110 Å². The summed E-state index contributed by atoms with van der Waals surface area (Å²) in [7, 11) is 1.57. The zero-order chi connectivity index (χ0) is 139. The summed E-state index contributed by atoms with van der Waals surface area (Å²) < 4.78 is 548. The largest absolute Gasteiger partial charge is 0.493 e. The van der Waals surface area contributed by atoms with Gasteiger partial charge in [-0.25, -0.2) is 0 Å². The highest BCUT2D eigenvalue weighted by atomic mass is 16.6. The molecule has 4 saturated heterocycles. The molecule has 0 aliphatic carbocycles. The number of rotatable bonds is 28. The molecule has 672 valence electrons. The molecule has 4 fully saturated rings. The van der Waals surface area contributed by atoms with Crippen LogP contribution in [0.2, 0.25) is 0 Å². The van der Waals surface area contributed by atoms with E-state index in [0.717, 1.165) is 43.9 Å². The highest BCUT2D eigenvalue weighted by Crippen LogP contribution is 2.50. The first-order chi connectivity index (χ1) is 79.6. The molecule has 8 aliphatic rings. The lowest BCUT2D eigenvalue weighted by atomic mass is 9.79. The SMILES string of the molecule is [2H]C([2H])([2H])Oc1cc2c(cc1OC)C1([2H])CC(OC(=O)[C@@]([2H])(N)C([2H])(C([2H])([2H])[2H])C([2H])([2H])[2H])C(CC(C)C)CN1C([2H])([2H])C2([2H])[2H].[2H]C([2H])([2H])Oc1cc2c(cc1OC)C1([2H])CC(OC(=O)[C@@]([2H])(N)C([2H])(C([2H])([2H])[2H])C([2H])([2H])[2H])C(CC(C)C)CN1C([2H])([2H])C2([2H])[2H].[2H]C1(OC(=O)[C@@]([2H])(N)C([2H])(C([2H])([2H])[2H])C([2H])([2H])[2H])CC2([2H])c3cc(OC)c(OC)cc3C([2H])([2H])C([2H])([2H])N2CC1CC(C)C.[2H]C12CC(OC(=O)[C@@]([2H])(N)C([2H])(C([2H])([2H])[2H])C([2H])([2H])[2H])C(CC(C)C)CN1C([2H])([2H])C([2H])([2H])c1cc(OC)c(OC)cc12. The molecule has 24 heteroatoms. The first-order valence-corrected chi connectivity index (χ1v) is 38.7. The zero-order valence-electron chi connectivity index (χ0n) is 129. The molecule has 8 N–H and O–H groups in total. The summed E-state index contributed by atoms with van der Waals surface area (Å²) in [5.74, 6) is -28.1. The standard InChI is InChI=1S/4C24H38N2O4/c4*1-14(2)9-17-13-26-8-7-16-10-21(28-5)22(29-6)11-18(16)19(26)12-20(17)30-24(27)23(25)15(3)4/h4*10-11,14-15,17,19-20,23H,7-9,12-13,25H2,1-6H3/t4*17?,19?,20?,23-/m0000/s1/i3D3,4D3,7D2,8D2,15D,19D,20D,23D;2*3D3,4D3,5D3,7D2,8D2,15D,19D,23D;3D3,4D3,7D2,8D2,15D,19D,23D. The first kappa shape index (κ1) is 43.6. The lowest BCUT2D eigenvalue weighted by Crippen LogP contribution is -2.51. The maximum atomic E-state index is 13.5. The number of nitrogens with two attached hydrogens (primary N) is 4. The van der Waals surface area contributed by atoms with Crippen molar-refractivity contribution in [3.05, 3.63) is 93.0 Å². The molecular formula is C96H152N8O16. The van der Waals surface area contributed by atoms with Gasteiger partial charge in [0.15, 0.2) is 46.0 Å². The number of methoxy groups -OCH3 is 8. The minimum Gasteiger partial charge on any atom is -0.493 e. The van der Waals surface area contributed by atoms with Crippen LogP contribution < -0.4 is 60.8 Å². The second kappa shape index (κ2) is 43.9. The number of carbonyl (C=O) groups is 4. The van der Waals surface area contributed by atoms with E-state index in [-0.39, 0.29) is 124 Å². The molecule has 4 aromatic carbocycles. The number of ether oxygens (including phenoxy) is 12. The molecule has 0 saturated carbocycles. The zero-order valence-corrected chi connectivity index (χ0v) is 69.6. The van der Waals surface area contributed by atoms with E-state index >= 15 is 0 Å². The number of nitrogens with zero attached hydrogens (tertiary/aromatic N) is 4. The Hall–Kier alpha value is -7.16. The molecule has 8 heterocycles. The van der Waals surface area contributed by atoms with E-state index in [0.29, 0.717) is 0 Å². The Labute approximate surface area is 801 Å². The van der Waals surface area contributed by atoms with E-state index in [4.69, 9.17) is 154 Å². The van der Waals surface area contributed by atoms with Crippen molar-refractivity contribution in [3.8, 4) is 46.0 Å². The third-order valence-corrected chi connectivity index (χ3v) is 21.0. The maximum absolute atomic E-state index is 13.5. The Morgan fingerprint density at radius 3 is 0.825 bits per heavy atom. The van der Waals surface area contributed by atoms with Gasteiger partial charge < -0.3 is 79.8 Å². The number of piperidine rings is 4. The molecule has 12 rings (SSSR count). The molecule has 120 heavy (non-hydrogen) atoms. The van der Waals surface area contributed by atoms with Crippen LogP contribution in [-0.2, 0) is 63.6 Å². The summed E-state index contributed by atoms with van der Waals surface area (Å²) in [4.78, 5) is 57.7. The number of carbonyl (C=O) groups excluding carboxylic acids is 4. The van der Waals surface area contributed by atoms with Gasteiger partial charge in [0.2, 0.25) is 0 Å². The van der Waals surface area contributed by atoms with Crippen LogP contribution in [0.1, 0.15) is 311 Å². The van der Waals surface area contributed by atoms with E-state index < -0.39 is 332 Å². The molecule has 0 radical (unpaired) electrons. The summed E-state index contributed by atoms with van der Waals surface area (Å²) in [5.41, 5.74) is 21.1. The molecular weight excluding hydrogens is 1520 g/mol. The lowest BCUT2D eigenvalue weighted by Gasteiger charge is -2.47. The summed E-state index contributed by atoms with van der Waals surface area (Å²) >= 11 is 0. The smallest absolute Gasteiger partial charge is 0.323 e. The van der Waals surface area contributed by atoms with Crippen molar-refractivity contribution in [3.63, 3.8) is 0 Å². The van der Waals surface area contributed by atoms with Gasteiger partial charge in [0.25, 0.3) is 0 Å². The predicted molar refractivity (Wildman–Crippen MR) is 471 cm³/mol. The van der Waals surface area contributed by atoms with Crippen molar-refractivity contribution >= 4 is 23.9 Å². The molecule has 24 nitrogen and oxygen atoms in total. The van der Waals surface area contributed by atoms with Crippen molar-refractivity contribution in [1.29, 1.82) is 0 Å². The molecule has 0 spiro atoms. The summed E-state index contributed by atoms with van der Waals surface area (Å²) in [5, 5.41) is 0. The fraction of sp³-hybridized carbons (Fsp3) is 0.708. The molecule has 4 aromatic rings. The van der Waals surface area contributed by atoms with Crippen molar-refractivity contribution in [2.45, 2.75) is 260 Å². The summed E-state index contributed by atoms with van der Waals surface area (Å²) in [6, 6.07) is -14.4. The second-order valence-corrected chi connectivity index (χ2v) is 31.1. The monoisotopic (exact) mass is 1730 g/mol. The normalized spacial score (nSPS) is 41.0. The maximum Gasteiger partial charge on any atom is 0.323 e. The number of fused-ring (bicyclic) bond motifs is 12. The molecule has 0 bridgehead atoms. The minimum atomic E-state index is -3.89. The van der Waals surface area contributed by atoms with E-state index in [9.17, 15) is 26.0 Å². The van der Waals surface area contributed by atoms with Crippen LogP contribution in [0.4, 0.5) is 0 Å². The van der Waals surface area contributed by atoms with Gasteiger partial charge >= 0.3 is 23.9 Å². The number of hydrogen-bond acceptors (Lipinski definition) is 24. The number of hydrogen-bond donors (Lipinski definition) is 4. The van der Waals surface area contributed by atoms with E-state index in [1.165, 1.54) is 66.9 Å². The van der Waals surface area contributed by atoms with Crippen molar-refractivity contribution in [2.24, 2.45) is 93.9 Å². The highest BCUT2D eigenvalue weighted by molar-refractivity contribution is 5.77. The van der Waals surface area contributed by atoms with Gasteiger partial charge in [-0.3, -0.25) is 38.8 Å². The van der Waals surface area contributed by atoms with E-state index in [1.54, 1.807) is 41.5 Å². The molecule has 0 amide bonds. The number of esters is 4. The lowest BCUT2D eigenvalue weighted by molar-refractivity contribution is -0.161. The van der Waals surface area contributed by atoms with Gasteiger partial charge in [-0.2, -0.15) is 0 Å². The fourth-order valence-corrected chi connectivity index (χ4v) is 15.3. The van der Waals surface area contributed by atoms with E-state index in [2.05, 4.69) is 0 Å². The number of aryl methyl sites for hydroxylation is 4. The van der Waals surface area contributed by atoms with Gasteiger partial charge in [0, 0.05) is 186 Å². The summed E-state index contributed by atoms with van der Waals surface area (Å²) in [6.07, 6.45) is -19.6. The Morgan fingerprint density at radius 1 is 0.358 bits per heavy atom. The quantitative estimate of drug-likeness (QED) is 0.0303. The van der Waals surface area contributed by atoms with Gasteiger partial charge in [0.1, 0.15) is 48.5 Å². The second-order valence-electron chi connectivity index (χ2n) is 31.1. The van der Waals surface area contributed by atoms with Crippen LogP contribution in [-0.4, -0.2) is 201 Å². The Kier molecular flexibility index (Phi) is 16.0. The molecule has 12 unspecified atom stereocenters. The highest BCUT2D eigenvalue weighted by Gasteiger charge is 2.47. The average molecular weight is 1730 g/mol. The van der Waals surface area contributed by atoms with Gasteiger partial charge in [0.05, 0.1) is 77.3 Å². The van der Waals surface area contributed by atoms with Crippen molar-refractivity contribution in [1.82, 2.24) is 19.6 Å². The minimum absolute atomic E-state index is 0.000900. The van der Waals surface area contributed by atoms with Gasteiger partial charge in [-0.05, 0) is 191 Å². The van der Waals surface area contributed by atoms with E-state index in [1.807, 2.05) is 13.8 Å².